The molecule has 120 valence electrons. The van der Waals surface area contributed by atoms with Crippen LogP contribution in [0.3, 0.4) is 0 Å². The summed E-state index contributed by atoms with van der Waals surface area (Å²) in [5.41, 5.74) is 3.34. The summed E-state index contributed by atoms with van der Waals surface area (Å²) >= 11 is 3.40. The Balaban J connectivity index is 1.67. The zero-order valence-electron chi connectivity index (χ0n) is 13.3. The van der Waals surface area contributed by atoms with Gasteiger partial charge in [-0.15, -0.1) is 22.7 Å². The largest absolute Gasteiger partial charge is 0.290 e. The second-order valence-corrected chi connectivity index (χ2v) is 7.86. The molecule has 0 fully saturated rings. The quantitative estimate of drug-likeness (QED) is 0.727. The molecule has 0 bridgehead atoms. The van der Waals surface area contributed by atoms with Crippen LogP contribution in [0.5, 0.6) is 0 Å². The zero-order valence-corrected chi connectivity index (χ0v) is 14.9. The molecule has 4 rings (SSSR count). The second-order valence-electron chi connectivity index (χ2n) is 6.02. The van der Waals surface area contributed by atoms with Gasteiger partial charge in [0, 0.05) is 41.1 Å². The smallest absolute Gasteiger partial charge is 0.259 e. The summed E-state index contributed by atoms with van der Waals surface area (Å²) in [7, 11) is 0. The Morgan fingerprint density at radius 3 is 3.09 bits per heavy atom. The Bertz CT molecular complexity index is 908. The van der Waals surface area contributed by atoms with Crippen molar-refractivity contribution in [2.75, 3.05) is 6.54 Å². The minimum atomic E-state index is 0.0324. The summed E-state index contributed by atoms with van der Waals surface area (Å²) in [4.78, 5) is 21.8. The van der Waals surface area contributed by atoms with Gasteiger partial charge in [0.15, 0.2) is 4.96 Å². The first-order chi connectivity index (χ1) is 11.2. The van der Waals surface area contributed by atoms with E-state index in [1.165, 1.54) is 21.8 Å². The molecular formula is C17H19N3OS2. The Labute approximate surface area is 143 Å². The van der Waals surface area contributed by atoms with E-state index >= 15 is 0 Å². The lowest BCUT2D eigenvalue weighted by Gasteiger charge is -2.35. The number of hydrogen-bond donors (Lipinski definition) is 0. The molecular weight excluding hydrogens is 326 g/mol. The van der Waals surface area contributed by atoms with Crippen molar-refractivity contribution in [2.45, 2.75) is 39.3 Å². The Morgan fingerprint density at radius 1 is 1.39 bits per heavy atom. The molecule has 0 aromatic carbocycles. The van der Waals surface area contributed by atoms with Gasteiger partial charge in [0.2, 0.25) is 0 Å². The lowest BCUT2D eigenvalue weighted by atomic mass is 9.97. The van der Waals surface area contributed by atoms with Crippen LogP contribution >= 0.6 is 22.7 Å². The van der Waals surface area contributed by atoms with Gasteiger partial charge in [-0.2, -0.15) is 0 Å². The van der Waals surface area contributed by atoms with Crippen LogP contribution in [0.2, 0.25) is 0 Å². The zero-order chi connectivity index (χ0) is 16.0. The van der Waals surface area contributed by atoms with Crippen LogP contribution in [0, 0.1) is 6.92 Å². The van der Waals surface area contributed by atoms with Gasteiger partial charge in [-0.3, -0.25) is 14.1 Å². The minimum Gasteiger partial charge on any atom is -0.290 e. The number of rotatable bonds is 3. The fraction of sp³-hybridized carbons (Fsp3) is 0.412. The monoisotopic (exact) mass is 345 g/mol. The van der Waals surface area contributed by atoms with Gasteiger partial charge < -0.3 is 0 Å². The summed E-state index contributed by atoms with van der Waals surface area (Å²) in [5.74, 6) is 0. The molecule has 6 heteroatoms. The van der Waals surface area contributed by atoms with Crippen molar-refractivity contribution in [3.63, 3.8) is 0 Å². The summed E-state index contributed by atoms with van der Waals surface area (Å²) in [6, 6.07) is 4.40. The number of aromatic nitrogens is 2. The summed E-state index contributed by atoms with van der Waals surface area (Å²) < 4.78 is 1.69. The highest BCUT2D eigenvalue weighted by atomic mass is 32.1. The van der Waals surface area contributed by atoms with E-state index in [1.807, 2.05) is 23.6 Å². The highest BCUT2D eigenvalue weighted by molar-refractivity contribution is 7.15. The molecule has 0 saturated heterocycles. The Morgan fingerprint density at radius 2 is 2.26 bits per heavy atom. The van der Waals surface area contributed by atoms with Crippen molar-refractivity contribution >= 4 is 27.6 Å². The van der Waals surface area contributed by atoms with Gasteiger partial charge in [-0.1, -0.05) is 6.92 Å². The first kappa shape index (κ1) is 15.1. The summed E-state index contributed by atoms with van der Waals surface area (Å²) in [5, 5.41) is 4.18. The molecule has 3 aromatic rings. The van der Waals surface area contributed by atoms with E-state index in [-0.39, 0.29) is 5.56 Å². The Kier molecular flexibility index (Phi) is 3.83. The number of thiophene rings is 1. The maximum Gasteiger partial charge on any atom is 0.259 e. The van der Waals surface area contributed by atoms with Crippen LogP contribution < -0.4 is 5.56 Å². The highest BCUT2D eigenvalue weighted by Crippen LogP contribution is 2.35. The molecule has 0 N–H and O–H groups in total. The normalized spacial score (nSPS) is 18.4. The fourth-order valence-electron chi connectivity index (χ4n) is 3.51. The molecule has 3 aromatic heterocycles. The van der Waals surface area contributed by atoms with Crippen molar-refractivity contribution < 1.29 is 0 Å². The summed E-state index contributed by atoms with van der Waals surface area (Å²) in [6.07, 6.45) is 2.19. The molecule has 0 saturated carbocycles. The molecule has 1 aliphatic rings. The van der Waals surface area contributed by atoms with Gasteiger partial charge >= 0.3 is 0 Å². The van der Waals surface area contributed by atoms with Gasteiger partial charge in [-0.25, -0.2) is 4.98 Å². The van der Waals surface area contributed by atoms with Crippen molar-refractivity contribution in [2.24, 2.45) is 0 Å². The molecule has 0 spiro atoms. The van der Waals surface area contributed by atoms with Crippen molar-refractivity contribution in [3.05, 3.63) is 55.1 Å². The molecule has 4 nitrogen and oxygen atoms in total. The van der Waals surface area contributed by atoms with Crippen molar-refractivity contribution in [3.8, 4) is 0 Å². The minimum absolute atomic E-state index is 0.0324. The van der Waals surface area contributed by atoms with Crippen LogP contribution in [0.15, 0.2) is 27.7 Å². The van der Waals surface area contributed by atoms with Crippen LogP contribution in [0.25, 0.3) is 4.96 Å². The average molecular weight is 345 g/mol. The highest BCUT2D eigenvalue weighted by Gasteiger charge is 2.27. The van der Waals surface area contributed by atoms with Gasteiger partial charge in [0.05, 0.1) is 5.69 Å². The van der Waals surface area contributed by atoms with Crippen LogP contribution in [0.4, 0.5) is 0 Å². The third-order valence-electron chi connectivity index (χ3n) is 4.59. The van der Waals surface area contributed by atoms with Gasteiger partial charge in [-0.05, 0) is 36.8 Å². The molecule has 1 atom stereocenters. The lowest BCUT2D eigenvalue weighted by Crippen LogP contribution is -2.34. The molecule has 1 unspecified atom stereocenters. The van der Waals surface area contributed by atoms with E-state index < -0.39 is 0 Å². The molecule has 4 heterocycles. The topological polar surface area (TPSA) is 37.6 Å². The predicted octanol–water partition coefficient (Wildman–Crippen LogP) is 3.64. The van der Waals surface area contributed by atoms with Crippen molar-refractivity contribution in [1.82, 2.24) is 14.3 Å². The second kappa shape index (κ2) is 5.85. The Hall–Kier alpha value is -1.50. The van der Waals surface area contributed by atoms with Gasteiger partial charge in [0.25, 0.3) is 5.56 Å². The van der Waals surface area contributed by atoms with Crippen LogP contribution in [0.1, 0.15) is 41.2 Å². The average Bonchev–Trinajstić information content (AvgIpc) is 3.14. The molecule has 0 radical (unpaired) electrons. The van der Waals surface area contributed by atoms with Crippen molar-refractivity contribution in [1.29, 1.82) is 0 Å². The SMILES string of the molecule is CCC1c2ccsc2CCN1Cc1cc(=O)n2c(C)csc2n1. The maximum atomic E-state index is 12.3. The number of nitrogens with zero attached hydrogens (tertiary/aromatic N) is 3. The number of thiazole rings is 1. The third-order valence-corrected chi connectivity index (χ3v) is 6.53. The van der Waals surface area contributed by atoms with E-state index in [1.54, 1.807) is 10.5 Å². The molecule has 0 aliphatic carbocycles. The molecule has 23 heavy (non-hydrogen) atoms. The van der Waals surface area contributed by atoms with E-state index in [9.17, 15) is 4.79 Å². The standard InChI is InChI=1S/C17H19N3OS2/c1-3-14-13-5-7-22-15(13)4-6-19(14)9-12-8-16(21)20-11(2)10-23-17(20)18-12/h5,7-8,10,14H,3-4,6,9H2,1-2H3. The van der Waals surface area contributed by atoms with Crippen LogP contribution in [-0.4, -0.2) is 20.8 Å². The maximum absolute atomic E-state index is 12.3. The molecule has 0 amide bonds. The lowest BCUT2D eigenvalue weighted by molar-refractivity contribution is 0.171. The number of aryl methyl sites for hydroxylation is 1. The fourth-order valence-corrected chi connectivity index (χ4v) is 5.32. The summed E-state index contributed by atoms with van der Waals surface area (Å²) in [6.45, 7) is 5.97. The van der Waals surface area contributed by atoms with Crippen LogP contribution in [-0.2, 0) is 13.0 Å². The molecule has 1 aliphatic heterocycles. The first-order valence-electron chi connectivity index (χ1n) is 7.94. The van der Waals surface area contributed by atoms with E-state index in [4.69, 9.17) is 4.98 Å². The number of fused-ring (bicyclic) bond motifs is 2. The predicted molar refractivity (Wildman–Crippen MR) is 95.5 cm³/mol. The number of hydrogen-bond acceptors (Lipinski definition) is 5. The van der Waals surface area contributed by atoms with E-state index in [0.717, 1.165) is 42.3 Å². The first-order valence-corrected chi connectivity index (χ1v) is 9.70. The van der Waals surface area contributed by atoms with Gasteiger partial charge in [0.1, 0.15) is 0 Å². The van der Waals surface area contributed by atoms with E-state index in [0.29, 0.717) is 6.04 Å². The van der Waals surface area contributed by atoms with E-state index in [2.05, 4.69) is 23.3 Å². The third kappa shape index (κ3) is 2.55.